The Balaban J connectivity index is 0.000000482. The normalized spacial score (nSPS) is 17.0. The topological polar surface area (TPSA) is 170 Å². The molecule has 3 N–H and O–H groups in total. The van der Waals surface area contributed by atoms with Crippen molar-refractivity contribution in [3.8, 4) is 62.1 Å². The zero-order valence-corrected chi connectivity index (χ0v) is 78.2. The number of ether oxygens (including phenoxy) is 4. The van der Waals surface area contributed by atoms with Crippen molar-refractivity contribution in [3.63, 3.8) is 0 Å². The molecule has 109 heavy (non-hydrogen) atoms. The van der Waals surface area contributed by atoms with Crippen LogP contribution in [0.15, 0.2) is 136 Å². The van der Waals surface area contributed by atoms with Gasteiger partial charge in [-0.05, 0) is 207 Å². The van der Waals surface area contributed by atoms with E-state index in [1.165, 1.54) is 290 Å². The Labute approximate surface area is 754 Å². The summed E-state index contributed by atoms with van der Waals surface area (Å²) in [6.45, 7) is 12.0. The first-order valence-corrected chi connectivity index (χ1v) is 57.2. The third-order valence-corrected chi connectivity index (χ3v) is 21.1. The van der Waals surface area contributed by atoms with Gasteiger partial charge in [0.05, 0.1) is 35.4 Å². The van der Waals surface area contributed by atoms with E-state index in [1.807, 2.05) is 6.07 Å². The third-order valence-electron chi connectivity index (χ3n) is 19.3. The van der Waals surface area contributed by atoms with Crippen LogP contribution in [0.1, 0.15) is 196 Å². The monoisotopic (exact) mass is 1760 g/mol. The van der Waals surface area contributed by atoms with E-state index in [0.29, 0.717) is 61.1 Å². The number of aromatic hydroxyl groups is 1. The van der Waals surface area contributed by atoms with Gasteiger partial charge in [0.25, 0.3) is 0 Å². The van der Waals surface area contributed by atoms with Crippen molar-refractivity contribution in [2.24, 2.45) is 35.5 Å². The first-order valence-electron chi connectivity index (χ1n) is 38.0. The summed E-state index contributed by atoms with van der Waals surface area (Å²) >= 11 is 14.5. The minimum atomic E-state index is -3.15. The molecule has 0 spiro atoms. The van der Waals surface area contributed by atoms with Crippen molar-refractivity contribution in [2.45, 2.75) is 196 Å². The molecule has 7 aromatic rings. The van der Waals surface area contributed by atoms with Gasteiger partial charge in [-0.3, -0.25) is 0 Å². The standard InChI is InChI=1S/C32H37F3O2.C18H26BrFO.C14H13BF2O3.C12H23Cl.C6H4BrFO.CH4.3K.HO4P/c1-3-5-6-7-22-8-10-23(11-9-22)21-37-26-16-17-27(29(33)20-26)24-12-14-25(15-13-24)28-18-19-30(36-4-2)32(35)31(28)34;1-2-3-4-5-14-6-8-15(9-7-14)13-21-16-10-11-17(19)18(20)12-16;1-2-20-12-8-7-11(13(16)14(12)17)9-3-5-10(6-4-9)15(18)19;1-2-3-4-5-11-6-8-12(10-13)9-7-11;7-5-2-1-4(9)3-6(5)8;;;;;1-4-5(2)3/h12-20,22-23H,3-11,21H2,1-2H3;10-12,14-15H,2-9,13H2,1H3;3-8,18-19H,2H2,1H3;11-12H,2-10H2,1H3;1-3,9H;1H4;;;;1H/q;;;;;;;;+1;/p-1. The average Bonchev–Trinajstić information content (AvgIpc) is 0.809. The van der Waals surface area contributed by atoms with Crippen LogP contribution in [0.5, 0.6) is 28.7 Å². The minimum absolute atomic E-state index is 0. The van der Waals surface area contributed by atoms with E-state index >= 15 is 0 Å². The zero-order valence-electron chi connectivity index (χ0n) is 64.0. The number of alkyl halides is 1. The van der Waals surface area contributed by atoms with Crippen LogP contribution in [0, 0.1) is 76.2 Å². The van der Waals surface area contributed by atoms with Crippen LogP contribution in [0.2, 0.25) is 0 Å². The second kappa shape index (κ2) is 60.6. The van der Waals surface area contributed by atoms with E-state index in [2.05, 4.69) is 57.3 Å². The molecule has 10 rings (SSSR count). The van der Waals surface area contributed by atoms with Gasteiger partial charge in [-0.1, -0.05) is 192 Å². The van der Waals surface area contributed by atoms with Gasteiger partial charge in [-0.25, -0.2) is 26.6 Å². The summed E-state index contributed by atoms with van der Waals surface area (Å²) in [6.07, 6.45) is 32.3. The zero-order chi connectivity index (χ0) is 78.6. The molecule has 0 radical (unpaired) electrons. The van der Waals surface area contributed by atoms with E-state index in [4.69, 9.17) is 60.4 Å². The number of rotatable bonds is 28. The number of unbranched alkanes of at least 4 members (excludes halogenated alkanes) is 6. The van der Waals surface area contributed by atoms with Crippen LogP contribution in [-0.2, 0) is 9.24 Å². The van der Waals surface area contributed by atoms with Crippen molar-refractivity contribution in [1.29, 1.82) is 0 Å². The van der Waals surface area contributed by atoms with Gasteiger partial charge < -0.3 is 44.3 Å². The van der Waals surface area contributed by atoms with Gasteiger partial charge in [0.2, 0.25) is 11.6 Å². The van der Waals surface area contributed by atoms with Crippen LogP contribution in [0.3, 0.4) is 0 Å². The van der Waals surface area contributed by atoms with Crippen molar-refractivity contribution < 1.29 is 136 Å². The SMILES string of the molecule is C.CCCCCC1CCC(CCl)CC1.CCCCCC1CCC(COc2ccc(-c3ccc(-c4ccc(OCC)c(F)c4F)cc3)c(F)c2)CC1.CCCCCC1CCC(COc2ccc(Br)c(F)c2)CC1.CCOc1ccc(-c2ccc(B(O)O)cc2)c(F)c1F.O=[P+]([O-])O[O-].Oc1ccc(Br)c(F)c1.[K+].[K][K]. The molecule has 0 aliphatic heterocycles. The summed E-state index contributed by atoms with van der Waals surface area (Å²) in [5, 5.41) is 35.2. The summed E-state index contributed by atoms with van der Waals surface area (Å²) < 4.78 is 131. The van der Waals surface area contributed by atoms with Crippen LogP contribution in [-0.4, -0.2) is 118 Å². The van der Waals surface area contributed by atoms with Gasteiger partial charge in [0.15, 0.2) is 23.1 Å². The van der Waals surface area contributed by atoms with Crippen molar-refractivity contribution in [1.82, 2.24) is 0 Å². The Morgan fingerprint density at radius 1 is 0.468 bits per heavy atom. The quantitative estimate of drug-likeness (QED) is 0.00811. The van der Waals surface area contributed by atoms with Gasteiger partial charge in [0.1, 0.15) is 34.7 Å². The molecule has 26 heteroatoms. The fourth-order valence-electron chi connectivity index (χ4n) is 13.1. The van der Waals surface area contributed by atoms with E-state index in [1.54, 1.807) is 56.3 Å². The van der Waals surface area contributed by atoms with Crippen molar-refractivity contribution in [2.75, 3.05) is 32.3 Å². The van der Waals surface area contributed by atoms with Gasteiger partial charge >= 0.3 is 130 Å². The summed E-state index contributed by atoms with van der Waals surface area (Å²) in [6, 6.07) is 32.1. The molecule has 0 bridgehead atoms. The molecule has 3 aliphatic rings. The number of hydrogen-bond donors (Lipinski definition) is 3. The average molecular weight is 1770 g/mol. The van der Waals surface area contributed by atoms with Crippen molar-refractivity contribution in [3.05, 3.63) is 177 Å². The van der Waals surface area contributed by atoms with E-state index in [9.17, 15) is 30.7 Å². The summed E-state index contributed by atoms with van der Waals surface area (Å²) in [5.74, 6) is 1.52. The van der Waals surface area contributed by atoms with Gasteiger partial charge in [-0.15, -0.1) is 11.6 Å². The predicted octanol–water partition coefficient (Wildman–Crippen LogP) is 19.7. The van der Waals surface area contributed by atoms with Crippen LogP contribution >= 0.6 is 51.7 Å². The number of halogens is 10. The Kier molecular flexibility index (Phi) is 58.0. The molecule has 0 amide bonds. The van der Waals surface area contributed by atoms with Crippen LogP contribution < -0.4 is 85.9 Å². The molecule has 1 unspecified atom stereocenters. The molecular weight excluding hydrogens is 1660 g/mol. The van der Waals surface area contributed by atoms with E-state index < -0.39 is 44.5 Å². The molecule has 1 atom stereocenters. The van der Waals surface area contributed by atoms with Crippen molar-refractivity contribution >= 4 is 127 Å². The predicted molar refractivity (Wildman–Crippen MR) is 428 cm³/mol. The molecule has 7 aromatic carbocycles. The summed E-state index contributed by atoms with van der Waals surface area (Å²) in [7, 11) is -4.75. The van der Waals surface area contributed by atoms with E-state index in [0.717, 1.165) is 42.2 Å². The van der Waals surface area contributed by atoms with Crippen LogP contribution in [0.4, 0.5) is 30.7 Å². The third kappa shape index (κ3) is 39.5. The molecule has 3 aliphatic carbocycles. The molecule has 11 nitrogen and oxygen atoms in total. The fourth-order valence-corrected chi connectivity index (χ4v) is 13.9. The molecular formula is C83H107BBr2ClF7K3O11P. The Morgan fingerprint density at radius 2 is 0.798 bits per heavy atom. The molecule has 586 valence electrons. The number of phenols is 1. The van der Waals surface area contributed by atoms with Gasteiger partial charge in [0, 0.05) is 40.8 Å². The Hall–Kier alpha value is -0.826. The number of phenolic OH excluding ortho intramolecular Hbond substituents is 1. The van der Waals surface area contributed by atoms with Gasteiger partial charge in [-0.2, -0.15) is 8.78 Å². The second-order valence-electron chi connectivity index (χ2n) is 27.0. The maximum absolute atomic E-state index is 15.0. The molecule has 0 heterocycles. The number of hydrogen-bond acceptors (Lipinski definition) is 11. The molecule has 0 saturated heterocycles. The van der Waals surface area contributed by atoms with E-state index in [-0.39, 0.29) is 117 Å². The van der Waals surface area contributed by atoms with Crippen LogP contribution in [0.25, 0.3) is 33.4 Å². The Bertz CT molecular complexity index is 3640. The first kappa shape index (κ1) is 104. The molecule has 3 saturated carbocycles. The molecule has 0 aromatic heterocycles. The first-order chi connectivity index (χ1) is 51.6. The summed E-state index contributed by atoms with van der Waals surface area (Å²) in [5.41, 5.74) is 2.53. The second-order valence-corrected chi connectivity index (χ2v) is 29.6. The molecule has 3 fully saturated rings. The Morgan fingerprint density at radius 3 is 1.13 bits per heavy atom. The fraction of sp³-hybridized carbons (Fsp3) is 0.494. The summed E-state index contributed by atoms with van der Waals surface area (Å²) in [4.78, 5) is 8.87. The maximum atomic E-state index is 15.0. The number of benzene rings is 7.